The van der Waals surface area contributed by atoms with Gasteiger partial charge in [0.1, 0.15) is 5.82 Å². The number of fused-ring (bicyclic) bond motifs is 3. The average Bonchev–Trinajstić information content (AvgIpc) is 2.99. The van der Waals surface area contributed by atoms with E-state index in [2.05, 4.69) is 21.6 Å². The smallest absolute Gasteiger partial charge is 0.233 e. The van der Waals surface area contributed by atoms with Crippen LogP contribution >= 0.6 is 11.8 Å². The first-order valence-electron chi connectivity index (χ1n) is 8.16. The Balaban J connectivity index is 1.90. The number of aryl methyl sites for hydroxylation is 1. The lowest BCUT2D eigenvalue weighted by molar-refractivity contribution is -0.127. The molecule has 0 saturated carbocycles. The highest BCUT2D eigenvalue weighted by atomic mass is 32.2. The summed E-state index contributed by atoms with van der Waals surface area (Å²) in [6.07, 6.45) is 0. The Bertz CT molecular complexity index is 949. The predicted octanol–water partition coefficient (Wildman–Crippen LogP) is 3.10. The van der Waals surface area contributed by atoms with Gasteiger partial charge >= 0.3 is 0 Å². The van der Waals surface area contributed by atoms with E-state index < -0.39 is 0 Å². The first-order chi connectivity index (χ1) is 12.0. The molecule has 2 heterocycles. The van der Waals surface area contributed by atoms with Gasteiger partial charge in [-0.1, -0.05) is 36.0 Å². The van der Waals surface area contributed by atoms with Crippen molar-refractivity contribution in [2.45, 2.75) is 25.9 Å². The standard InChI is InChI=1S/C18H21N5OS/c1-5-22(10-12(2)3)16(24)11-25-18-20-15-9-7-6-8-14(15)17-19-13(4)21-23(17)18/h6-9H,2,5,10-11H2,1,3-4H3. The molecule has 6 nitrogen and oxygen atoms in total. The molecule has 0 aliphatic carbocycles. The summed E-state index contributed by atoms with van der Waals surface area (Å²) in [5, 5.41) is 6.07. The molecule has 0 fully saturated rings. The van der Waals surface area contributed by atoms with E-state index in [0.717, 1.165) is 22.1 Å². The number of thioether (sulfide) groups is 1. The second kappa shape index (κ2) is 7.23. The van der Waals surface area contributed by atoms with Gasteiger partial charge in [-0.2, -0.15) is 4.52 Å². The summed E-state index contributed by atoms with van der Waals surface area (Å²) >= 11 is 1.39. The van der Waals surface area contributed by atoms with Crippen LogP contribution in [-0.4, -0.2) is 49.2 Å². The Morgan fingerprint density at radius 1 is 1.32 bits per heavy atom. The molecule has 25 heavy (non-hydrogen) atoms. The fraction of sp³-hybridized carbons (Fsp3) is 0.333. The SMILES string of the molecule is C=C(C)CN(CC)C(=O)CSc1nc2ccccc2c2nc(C)nn12. The number of carbonyl (C=O) groups excluding carboxylic acids is 1. The van der Waals surface area contributed by atoms with Crippen LogP contribution in [0.15, 0.2) is 41.6 Å². The lowest BCUT2D eigenvalue weighted by Gasteiger charge is -2.20. The van der Waals surface area contributed by atoms with E-state index in [4.69, 9.17) is 0 Å². The zero-order valence-electron chi connectivity index (χ0n) is 14.7. The fourth-order valence-corrected chi connectivity index (χ4v) is 3.49. The number of benzene rings is 1. The van der Waals surface area contributed by atoms with Crippen LogP contribution in [0.1, 0.15) is 19.7 Å². The third-order valence-electron chi connectivity index (χ3n) is 3.78. The van der Waals surface area contributed by atoms with Crippen LogP contribution in [0.2, 0.25) is 0 Å². The van der Waals surface area contributed by atoms with E-state index >= 15 is 0 Å². The summed E-state index contributed by atoms with van der Waals surface area (Å²) in [6.45, 7) is 10.9. The van der Waals surface area contributed by atoms with Crippen LogP contribution in [0.5, 0.6) is 0 Å². The number of amides is 1. The summed E-state index contributed by atoms with van der Waals surface area (Å²) in [5.41, 5.74) is 2.59. The van der Waals surface area contributed by atoms with Crippen LogP contribution in [0.25, 0.3) is 16.6 Å². The molecule has 0 unspecified atom stereocenters. The molecule has 0 bridgehead atoms. The van der Waals surface area contributed by atoms with Gasteiger partial charge in [0, 0.05) is 18.5 Å². The molecular formula is C18H21N5OS. The fourth-order valence-electron chi connectivity index (χ4n) is 2.65. The Hall–Kier alpha value is -2.41. The Labute approximate surface area is 150 Å². The average molecular weight is 355 g/mol. The number of likely N-dealkylation sites (N-methyl/N-ethyl adjacent to an activating group) is 1. The number of hydrogen-bond acceptors (Lipinski definition) is 5. The van der Waals surface area contributed by atoms with Crippen molar-refractivity contribution in [3.05, 3.63) is 42.2 Å². The topological polar surface area (TPSA) is 63.4 Å². The third-order valence-corrected chi connectivity index (χ3v) is 4.69. The maximum Gasteiger partial charge on any atom is 0.233 e. The predicted molar refractivity (Wildman–Crippen MR) is 101 cm³/mol. The van der Waals surface area contributed by atoms with Gasteiger partial charge in [-0.25, -0.2) is 9.97 Å². The van der Waals surface area contributed by atoms with Crippen molar-refractivity contribution < 1.29 is 4.79 Å². The van der Waals surface area contributed by atoms with Gasteiger partial charge in [-0.05, 0) is 32.9 Å². The van der Waals surface area contributed by atoms with Crippen molar-refractivity contribution in [1.82, 2.24) is 24.5 Å². The summed E-state index contributed by atoms with van der Waals surface area (Å²) in [5.74, 6) is 1.06. The molecule has 0 spiro atoms. The van der Waals surface area contributed by atoms with E-state index in [1.54, 1.807) is 9.42 Å². The van der Waals surface area contributed by atoms with E-state index in [9.17, 15) is 4.79 Å². The normalized spacial score (nSPS) is 11.2. The second-order valence-electron chi connectivity index (χ2n) is 5.96. The minimum atomic E-state index is 0.0652. The molecule has 0 aliphatic heterocycles. The van der Waals surface area contributed by atoms with Gasteiger partial charge in [0.15, 0.2) is 10.8 Å². The molecule has 1 amide bonds. The van der Waals surface area contributed by atoms with E-state index in [0.29, 0.717) is 29.8 Å². The van der Waals surface area contributed by atoms with Crippen molar-refractivity contribution in [3.63, 3.8) is 0 Å². The summed E-state index contributed by atoms with van der Waals surface area (Å²) in [6, 6.07) is 7.84. The van der Waals surface area contributed by atoms with Crippen LogP contribution in [0.3, 0.4) is 0 Å². The molecule has 1 aromatic carbocycles. The number of hydrogen-bond donors (Lipinski definition) is 0. The van der Waals surface area contributed by atoms with Crippen molar-refractivity contribution in [2.24, 2.45) is 0 Å². The number of aromatic nitrogens is 4. The van der Waals surface area contributed by atoms with Crippen LogP contribution < -0.4 is 0 Å². The molecule has 0 aliphatic rings. The highest BCUT2D eigenvalue weighted by Gasteiger charge is 2.16. The monoisotopic (exact) mass is 355 g/mol. The van der Waals surface area contributed by atoms with Crippen LogP contribution in [0, 0.1) is 6.92 Å². The largest absolute Gasteiger partial charge is 0.338 e. The van der Waals surface area contributed by atoms with Gasteiger partial charge in [0.2, 0.25) is 5.91 Å². The molecule has 3 rings (SSSR count). The van der Waals surface area contributed by atoms with Crippen molar-refractivity contribution >= 4 is 34.2 Å². The lowest BCUT2D eigenvalue weighted by atomic mass is 10.2. The first-order valence-corrected chi connectivity index (χ1v) is 9.15. The Kier molecular flexibility index (Phi) is 5.03. The Morgan fingerprint density at radius 2 is 2.08 bits per heavy atom. The quantitative estimate of drug-likeness (QED) is 0.386. The lowest BCUT2D eigenvalue weighted by Crippen LogP contribution is -2.33. The summed E-state index contributed by atoms with van der Waals surface area (Å²) < 4.78 is 1.73. The minimum absolute atomic E-state index is 0.0652. The molecule has 7 heteroatoms. The molecule has 130 valence electrons. The van der Waals surface area contributed by atoms with E-state index in [1.165, 1.54) is 11.8 Å². The zero-order chi connectivity index (χ0) is 18.0. The molecule has 0 saturated heterocycles. The van der Waals surface area contributed by atoms with Gasteiger partial charge in [0.05, 0.1) is 11.3 Å². The highest BCUT2D eigenvalue weighted by molar-refractivity contribution is 7.99. The number of rotatable bonds is 6. The van der Waals surface area contributed by atoms with E-state index in [-0.39, 0.29) is 5.91 Å². The molecule has 0 radical (unpaired) electrons. The first kappa shape index (κ1) is 17.4. The molecule has 2 aromatic heterocycles. The molecular weight excluding hydrogens is 334 g/mol. The molecule has 0 atom stereocenters. The van der Waals surface area contributed by atoms with Crippen LogP contribution in [-0.2, 0) is 4.79 Å². The molecule has 3 aromatic rings. The highest BCUT2D eigenvalue weighted by Crippen LogP contribution is 2.24. The summed E-state index contributed by atoms with van der Waals surface area (Å²) in [7, 11) is 0. The van der Waals surface area contributed by atoms with E-state index in [1.807, 2.05) is 45.0 Å². The number of nitrogens with zero attached hydrogens (tertiary/aromatic N) is 5. The molecule has 0 N–H and O–H groups in total. The second-order valence-corrected chi connectivity index (χ2v) is 6.90. The van der Waals surface area contributed by atoms with Gasteiger partial charge in [0.25, 0.3) is 0 Å². The number of para-hydroxylation sites is 1. The van der Waals surface area contributed by atoms with Crippen molar-refractivity contribution in [3.8, 4) is 0 Å². The number of carbonyl (C=O) groups is 1. The van der Waals surface area contributed by atoms with Crippen LogP contribution in [0.4, 0.5) is 0 Å². The maximum absolute atomic E-state index is 12.5. The van der Waals surface area contributed by atoms with Crippen molar-refractivity contribution in [2.75, 3.05) is 18.8 Å². The van der Waals surface area contributed by atoms with Crippen molar-refractivity contribution in [1.29, 1.82) is 0 Å². The maximum atomic E-state index is 12.5. The van der Waals surface area contributed by atoms with Gasteiger partial charge in [-0.3, -0.25) is 4.79 Å². The summed E-state index contributed by atoms with van der Waals surface area (Å²) in [4.78, 5) is 23.5. The van der Waals surface area contributed by atoms with Gasteiger partial charge < -0.3 is 4.90 Å². The van der Waals surface area contributed by atoms with Gasteiger partial charge in [-0.15, -0.1) is 5.10 Å². The minimum Gasteiger partial charge on any atom is -0.338 e. The third kappa shape index (κ3) is 3.66. The zero-order valence-corrected chi connectivity index (χ0v) is 15.5. The Morgan fingerprint density at radius 3 is 2.80 bits per heavy atom.